The summed E-state index contributed by atoms with van der Waals surface area (Å²) in [4.78, 5) is 24.5. The Morgan fingerprint density at radius 2 is 1.89 bits per heavy atom. The zero-order valence-corrected chi connectivity index (χ0v) is 17.2. The van der Waals surface area contributed by atoms with Crippen LogP contribution in [0, 0.1) is 5.92 Å². The van der Waals surface area contributed by atoms with Crippen molar-refractivity contribution in [2.75, 3.05) is 17.7 Å². The van der Waals surface area contributed by atoms with Crippen molar-refractivity contribution in [1.82, 2.24) is 10.2 Å². The first-order valence-corrected chi connectivity index (χ1v) is 9.11. The Balaban J connectivity index is 2.12. The zero-order chi connectivity index (χ0) is 20.9. The molecule has 0 saturated heterocycles. The standard InChI is InChI=1S/C20H28N4O4/c1-12(2)9-14-11-16(24-23-14)18(25)21-13-7-8-17(27-6)15(10-13)22-19(26)28-20(3,4)5/h7-8,10-12H,9H2,1-6H3,(H,21,25)(H,22,26)(H,23,24). The number of carbonyl (C=O) groups excluding carboxylic acids is 2. The van der Waals surface area contributed by atoms with E-state index in [0.717, 1.165) is 12.1 Å². The maximum absolute atomic E-state index is 12.5. The maximum atomic E-state index is 12.5. The molecule has 0 aliphatic rings. The quantitative estimate of drug-likeness (QED) is 0.687. The van der Waals surface area contributed by atoms with E-state index >= 15 is 0 Å². The van der Waals surface area contributed by atoms with Crippen LogP contribution in [0.1, 0.15) is 50.8 Å². The summed E-state index contributed by atoms with van der Waals surface area (Å²) in [6.45, 7) is 9.52. The molecule has 2 rings (SSSR count). The van der Waals surface area contributed by atoms with Crippen LogP contribution < -0.4 is 15.4 Å². The van der Waals surface area contributed by atoms with E-state index < -0.39 is 11.7 Å². The number of ether oxygens (including phenoxy) is 2. The number of nitrogens with zero attached hydrogens (tertiary/aromatic N) is 1. The number of carbonyl (C=O) groups is 2. The van der Waals surface area contributed by atoms with E-state index in [1.807, 2.05) is 0 Å². The van der Waals surface area contributed by atoms with Gasteiger partial charge >= 0.3 is 6.09 Å². The van der Waals surface area contributed by atoms with Gasteiger partial charge in [-0.1, -0.05) is 13.8 Å². The third kappa shape index (κ3) is 6.29. The van der Waals surface area contributed by atoms with Crippen molar-refractivity contribution in [1.29, 1.82) is 0 Å². The summed E-state index contributed by atoms with van der Waals surface area (Å²) in [7, 11) is 1.49. The molecule has 0 fully saturated rings. The van der Waals surface area contributed by atoms with Crippen LogP contribution in [0.25, 0.3) is 0 Å². The number of nitrogens with one attached hydrogen (secondary N) is 3. The largest absolute Gasteiger partial charge is 0.495 e. The first kappa shape index (κ1) is 21.3. The number of rotatable bonds is 6. The van der Waals surface area contributed by atoms with Crippen molar-refractivity contribution < 1.29 is 19.1 Å². The minimum absolute atomic E-state index is 0.299. The molecule has 1 aromatic heterocycles. The highest BCUT2D eigenvalue weighted by molar-refractivity contribution is 6.03. The normalized spacial score (nSPS) is 11.2. The molecule has 0 bridgehead atoms. The van der Waals surface area contributed by atoms with Crippen LogP contribution in [0.15, 0.2) is 24.3 Å². The van der Waals surface area contributed by atoms with Gasteiger partial charge in [-0.3, -0.25) is 15.2 Å². The number of amides is 2. The van der Waals surface area contributed by atoms with Gasteiger partial charge in [0.05, 0.1) is 12.8 Å². The SMILES string of the molecule is COc1ccc(NC(=O)c2cc(CC(C)C)[nH]n2)cc1NC(=O)OC(C)(C)C. The molecule has 0 radical (unpaired) electrons. The second-order valence-electron chi connectivity index (χ2n) is 7.87. The number of benzene rings is 1. The van der Waals surface area contributed by atoms with Gasteiger partial charge in [0.15, 0.2) is 5.69 Å². The topological polar surface area (TPSA) is 105 Å². The van der Waals surface area contributed by atoms with E-state index in [1.165, 1.54) is 7.11 Å². The van der Waals surface area contributed by atoms with Crippen LogP contribution in [0.4, 0.5) is 16.2 Å². The van der Waals surface area contributed by atoms with Crippen LogP contribution in [0.2, 0.25) is 0 Å². The Morgan fingerprint density at radius 1 is 1.18 bits per heavy atom. The van der Waals surface area contributed by atoms with E-state index in [2.05, 4.69) is 34.7 Å². The molecule has 28 heavy (non-hydrogen) atoms. The zero-order valence-electron chi connectivity index (χ0n) is 17.2. The summed E-state index contributed by atoms with van der Waals surface area (Å²) in [6.07, 6.45) is 0.201. The third-order valence-corrected chi connectivity index (χ3v) is 3.58. The van der Waals surface area contributed by atoms with Crippen molar-refractivity contribution in [3.05, 3.63) is 35.7 Å². The molecule has 3 N–H and O–H groups in total. The second kappa shape index (κ2) is 8.77. The lowest BCUT2D eigenvalue weighted by molar-refractivity contribution is 0.0635. The summed E-state index contributed by atoms with van der Waals surface area (Å²) in [5.41, 5.74) is 1.45. The highest BCUT2D eigenvalue weighted by atomic mass is 16.6. The number of H-pyrrole nitrogens is 1. The van der Waals surface area contributed by atoms with Crippen LogP contribution >= 0.6 is 0 Å². The summed E-state index contributed by atoms with van der Waals surface area (Å²) in [5.74, 6) is 0.557. The van der Waals surface area contributed by atoms with Gasteiger partial charge in [-0.2, -0.15) is 5.10 Å². The molecule has 0 unspecified atom stereocenters. The predicted octanol–water partition coefficient (Wildman–Crippen LogP) is 4.22. The van der Waals surface area contributed by atoms with Gasteiger partial charge in [-0.05, 0) is 57.4 Å². The Hall–Kier alpha value is -3.03. The Morgan fingerprint density at radius 3 is 2.50 bits per heavy atom. The van der Waals surface area contributed by atoms with Crippen molar-refractivity contribution in [3.8, 4) is 5.75 Å². The van der Waals surface area contributed by atoms with E-state index in [-0.39, 0.29) is 5.91 Å². The van der Waals surface area contributed by atoms with Crippen molar-refractivity contribution >= 4 is 23.4 Å². The monoisotopic (exact) mass is 388 g/mol. The summed E-state index contributed by atoms with van der Waals surface area (Å²) in [5, 5.41) is 12.3. The molecule has 152 valence electrons. The highest BCUT2D eigenvalue weighted by Crippen LogP contribution is 2.28. The van der Waals surface area contributed by atoms with E-state index in [9.17, 15) is 9.59 Å². The number of aromatic nitrogens is 2. The molecule has 8 nitrogen and oxygen atoms in total. The predicted molar refractivity (Wildman–Crippen MR) is 108 cm³/mol. The average molecular weight is 388 g/mol. The van der Waals surface area contributed by atoms with Gasteiger partial charge in [-0.25, -0.2) is 4.79 Å². The molecule has 8 heteroatoms. The van der Waals surface area contributed by atoms with Crippen molar-refractivity contribution in [2.24, 2.45) is 5.92 Å². The van der Waals surface area contributed by atoms with Gasteiger partial charge < -0.3 is 14.8 Å². The molecular weight excluding hydrogens is 360 g/mol. The summed E-state index contributed by atoms with van der Waals surface area (Å²) < 4.78 is 10.5. The molecule has 0 atom stereocenters. The van der Waals surface area contributed by atoms with Crippen molar-refractivity contribution in [3.63, 3.8) is 0 Å². The Kier molecular flexibility index (Phi) is 6.66. The van der Waals surface area contributed by atoms with Crippen LogP contribution in [-0.4, -0.2) is 34.9 Å². The number of hydrogen-bond acceptors (Lipinski definition) is 5. The average Bonchev–Trinajstić information content (AvgIpc) is 3.01. The minimum atomic E-state index is -0.628. The molecule has 2 amide bonds. The van der Waals surface area contributed by atoms with Gasteiger partial charge in [0, 0.05) is 11.4 Å². The fraction of sp³-hybridized carbons (Fsp3) is 0.450. The number of hydrogen-bond donors (Lipinski definition) is 3. The van der Waals surface area contributed by atoms with E-state index in [4.69, 9.17) is 9.47 Å². The Labute approximate surface area is 165 Å². The highest BCUT2D eigenvalue weighted by Gasteiger charge is 2.18. The lowest BCUT2D eigenvalue weighted by Crippen LogP contribution is -2.27. The van der Waals surface area contributed by atoms with Crippen LogP contribution in [0.3, 0.4) is 0 Å². The first-order valence-electron chi connectivity index (χ1n) is 9.11. The van der Waals surface area contributed by atoms with Gasteiger partial charge in [0.2, 0.25) is 0 Å². The van der Waals surface area contributed by atoms with E-state index in [0.29, 0.717) is 28.7 Å². The van der Waals surface area contributed by atoms with E-state index in [1.54, 1.807) is 45.0 Å². The van der Waals surface area contributed by atoms with Gasteiger partial charge in [0.25, 0.3) is 5.91 Å². The van der Waals surface area contributed by atoms with Gasteiger partial charge in [0.1, 0.15) is 11.4 Å². The lowest BCUT2D eigenvalue weighted by atomic mass is 10.1. The van der Waals surface area contributed by atoms with Gasteiger partial charge in [-0.15, -0.1) is 0 Å². The number of anilines is 2. The third-order valence-electron chi connectivity index (χ3n) is 3.58. The second-order valence-corrected chi connectivity index (χ2v) is 7.87. The fourth-order valence-electron chi connectivity index (χ4n) is 2.51. The van der Waals surface area contributed by atoms with Crippen LogP contribution in [-0.2, 0) is 11.2 Å². The molecule has 1 aromatic carbocycles. The fourth-order valence-corrected chi connectivity index (χ4v) is 2.51. The number of aromatic amines is 1. The summed E-state index contributed by atoms with van der Waals surface area (Å²) >= 11 is 0. The first-order chi connectivity index (χ1) is 13.1. The van der Waals surface area contributed by atoms with Crippen molar-refractivity contribution in [2.45, 2.75) is 46.6 Å². The molecule has 2 aromatic rings. The molecular formula is C20H28N4O4. The lowest BCUT2D eigenvalue weighted by Gasteiger charge is -2.20. The Bertz CT molecular complexity index is 837. The smallest absolute Gasteiger partial charge is 0.412 e. The molecule has 0 spiro atoms. The molecule has 1 heterocycles. The number of methoxy groups -OCH3 is 1. The van der Waals surface area contributed by atoms with Crippen LogP contribution in [0.5, 0.6) is 5.75 Å². The maximum Gasteiger partial charge on any atom is 0.412 e. The molecule has 0 aliphatic heterocycles. The minimum Gasteiger partial charge on any atom is -0.495 e. The molecule has 0 saturated carbocycles. The molecule has 0 aliphatic carbocycles. The summed E-state index contributed by atoms with van der Waals surface area (Å²) in [6, 6.07) is 6.66.